The number of carbonyl (C=O) groups is 1. The lowest BCUT2D eigenvalue weighted by molar-refractivity contribution is -0.119. The molecule has 0 aliphatic carbocycles. The van der Waals surface area contributed by atoms with E-state index in [4.69, 9.17) is 11.6 Å². The SMILES string of the molecule is Cc1c(Cl)cccc1N(CC(=O)NCCCN(C)C)S(=O)(=O)c1ccccc1. The minimum Gasteiger partial charge on any atom is -0.354 e. The molecule has 0 radical (unpaired) electrons. The highest BCUT2D eigenvalue weighted by atomic mass is 35.5. The smallest absolute Gasteiger partial charge is 0.264 e. The van der Waals surface area contributed by atoms with Crippen LogP contribution in [0.25, 0.3) is 0 Å². The van der Waals surface area contributed by atoms with Crippen molar-refractivity contribution in [2.24, 2.45) is 0 Å². The first-order valence-electron chi connectivity index (χ1n) is 8.98. The second-order valence-electron chi connectivity index (χ2n) is 6.72. The van der Waals surface area contributed by atoms with Crippen LogP contribution in [0.5, 0.6) is 0 Å². The Hall–Kier alpha value is -2.09. The number of carbonyl (C=O) groups excluding carboxylic acids is 1. The van der Waals surface area contributed by atoms with Gasteiger partial charge in [0, 0.05) is 11.6 Å². The lowest BCUT2D eigenvalue weighted by atomic mass is 10.2. The van der Waals surface area contributed by atoms with Gasteiger partial charge < -0.3 is 10.2 Å². The van der Waals surface area contributed by atoms with Crippen LogP contribution in [0.15, 0.2) is 53.4 Å². The van der Waals surface area contributed by atoms with E-state index in [1.807, 2.05) is 19.0 Å². The number of anilines is 1. The number of hydrogen-bond donors (Lipinski definition) is 1. The standard InChI is InChI=1S/C20H26ClN3O3S/c1-16-18(21)11-7-12-19(16)24(15-20(25)22-13-8-14-23(2)3)28(26,27)17-9-5-4-6-10-17/h4-7,9-12H,8,13-15H2,1-3H3,(H,22,25). The van der Waals surface area contributed by atoms with Crippen molar-refractivity contribution < 1.29 is 13.2 Å². The molecule has 0 aliphatic heterocycles. The van der Waals surface area contributed by atoms with Crippen LogP contribution in [0.2, 0.25) is 5.02 Å². The van der Waals surface area contributed by atoms with Gasteiger partial charge in [-0.1, -0.05) is 35.9 Å². The zero-order chi connectivity index (χ0) is 20.7. The van der Waals surface area contributed by atoms with Gasteiger partial charge in [0.2, 0.25) is 5.91 Å². The first-order chi connectivity index (χ1) is 13.2. The minimum atomic E-state index is -3.93. The Kier molecular flexibility index (Phi) is 7.86. The fourth-order valence-corrected chi connectivity index (χ4v) is 4.36. The number of rotatable bonds is 9. The summed E-state index contributed by atoms with van der Waals surface area (Å²) in [5.41, 5.74) is 0.990. The first-order valence-corrected chi connectivity index (χ1v) is 10.8. The Labute approximate surface area is 172 Å². The molecule has 0 atom stereocenters. The molecule has 1 N–H and O–H groups in total. The van der Waals surface area contributed by atoms with Gasteiger partial charge in [-0.2, -0.15) is 0 Å². The number of amides is 1. The number of nitrogens with zero attached hydrogens (tertiary/aromatic N) is 2. The highest BCUT2D eigenvalue weighted by Gasteiger charge is 2.28. The molecular formula is C20H26ClN3O3S. The Morgan fingerprint density at radius 2 is 1.75 bits per heavy atom. The van der Waals surface area contributed by atoms with E-state index >= 15 is 0 Å². The lowest BCUT2D eigenvalue weighted by Gasteiger charge is -2.26. The topological polar surface area (TPSA) is 69.7 Å². The van der Waals surface area contributed by atoms with Gasteiger partial charge in [-0.3, -0.25) is 9.10 Å². The summed E-state index contributed by atoms with van der Waals surface area (Å²) in [4.78, 5) is 14.6. The third-order valence-electron chi connectivity index (χ3n) is 4.23. The number of hydrogen-bond acceptors (Lipinski definition) is 4. The van der Waals surface area contributed by atoms with Gasteiger partial charge in [-0.05, 0) is 63.8 Å². The molecule has 0 saturated heterocycles. The first kappa shape index (κ1) is 22.2. The van der Waals surface area contributed by atoms with E-state index < -0.39 is 10.0 Å². The van der Waals surface area contributed by atoms with E-state index in [1.165, 1.54) is 12.1 Å². The van der Waals surface area contributed by atoms with Crippen LogP contribution >= 0.6 is 11.6 Å². The Bertz CT molecular complexity index is 902. The van der Waals surface area contributed by atoms with Gasteiger partial charge >= 0.3 is 0 Å². The van der Waals surface area contributed by atoms with Crippen molar-refractivity contribution in [3.05, 3.63) is 59.1 Å². The van der Waals surface area contributed by atoms with Crippen LogP contribution in [-0.2, 0) is 14.8 Å². The number of halogens is 1. The number of benzene rings is 2. The highest BCUT2D eigenvalue weighted by Crippen LogP contribution is 2.30. The van der Waals surface area contributed by atoms with Gasteiger partial charge in [0.05, 0.1) is 10.6 Å². The van der Waals surface area contributed by atoms with E-state index in [9.17, 15) is 13.2 Å². The maximum absolute atomic E-state index is 13.2. The van der Waals surface area contributed by atoms with E-state index in [-0.39, 0.29) is 17.3 Å². The molecule has 0 spiro atoms. The Morgan fingerprint density at radius 1 is 1.07 bits per heavy atom. The molecular weight excluding hydrogens is 398 g/mol. The summed E-state index contributed by atoms with van der Waals surface area (Å²) in [6.07, 6.45) is 0.778. The minimum absolute atomic E-state index is 0.120. The van der Waals surface area contributed by atoms with Crippen molar-refractivity contribution in [3.8, 4) is 0 Å². The number of nitrogens with one attached hydrogen (secondary N) is 1. The van der Waals surface area contributed by atoms with Crippen LogP contribution in [0, 0.1) is 6.92 Å². The van der Waals surface area contributed by atoms with E-state index in [0.717, 1.165) is 17.3 Å². The molecule has 0 aromatic heterocycles. The maximum Gasteiger partial charge on any atom is 0.264 e. The summed E-state index contributed by atoms with van der Waals surface area (Å²) in [6.45, 7) is 2.73. The summed E-state index contributed by atoms with van der Waals surface area (Å²) >= 11 is 6.20. The predicted molar refractivity (Wildman–Crippen MR) is 113 cm³/mol. The fraction of sp³-hybridized carbons (Fsp3) is 0.350. The van der Waals surface area contributed by atoms with Crippen LogP contribution in [0.4, 0.5) is 5.69 Å². The summed E-state index contributed by atoms with van der Waals surface area (Å²) < 4.78 is 27.6. The summed E-state index contributed by atoms with van der Waals surface area (Å²) in [5.74, 6) is -0.363. The van der Waals surface area contributed by atoms with Crippen molar-refractivity contribution >= 4 is 33.2 Å². The Morgan fingerprint density at radius 3 is 2.39 bits per heavy atom. The summed E-state index contributed by atoms with van der Waals surface area (Å²) in [6, 6.07) is 13.1. The third kappa shape index (κ3) is 5.70. The van der Waals surface area contributed by atoms with Crippen LogP contribution in [0.3, 0.4) is 0 Å². The quantitative estimate of drug-likeness (QED) is 0.629. The highest BCUT2D eigenvalue weighted by molar-refractivity contribution is 7.92. The average Bonchev–Trinajstić information content (AvgIpc) is 2.66. The third-order valence-corrected chi connectivity index (χ3v) is 6.41. The van der Waals surface area contributed by atoms with Gasteiger partial charge in [-0.25, -0.2) is 8.42 Å². The van der Waals surface area contributed by atoms with E-state index in [1.54, 1.807) is 43.3 Å². The zero-order valence-electron chi connectivity index (χ0n) is 16.4. The molecule has 0 unspecified atom stereocenters. The molecule has 0 heterocycles. The van der Waals surface area contributed by atoms with E-state index in [0.29, 0.717) is 22.8 Å². The van der Waals surface area contributed by atoms with Crippen LogP contribution < -0.4 is 9.62 Å². The largest absolute Gasteiger partial charge is 0.354 e. The molecule has 1 amide bonds. The predicted octanol–water partition coefficient (Wildman–Crippen LogP) is 2.91. The van der Waals surface area contributed by atoms with Crippen LogP contribution in [-0.4, -0.2) is 53.0 Å². The molecule has 0 saturated carbocycles. The zero-order valence-corrected chi connectivity index (χ0v) is 17.9. The lowest BCUT2D eigenvalue weighted by Crippen LogP contribution is -2.41. The Balaban J connectivity index is 2.30. The van der Waals surface area contributed by atoms with Crippen molar-refractivity contribution in [3.63, 3.8) is 0 Å². The van der Waals surface area contributed by atoms with Gasteiger partial charge in [0.1, 0.15) is 6.54 Å². The van der Waals surface area contributed by atoms with Crippen molar-refractivity contribution in [2.45, 2.75) is 18.2 Å². The van der Waals surface area contributed by atoms with Crippen molar-refractivity contribution in [1.29, 1.82) is 0 Å². The molecule has 2 rings (SSSR count). The normalized spacial score (nSPS) is 11.5. The molecule has 0 fully saturated rings. The van der Waals surface area contributed by atoms with Crippen LogP contribution in [0.1, 0.15) is 12.0 Å². The average molecular weight is 424 g/mol. The molecule has 2 aromatic rings. The van der Waals surface area contributed by atoms with Crippen molar-refractivity contribution in [2.75, 3.05) is 38.0 Å². The monoisotopic (exact) mass is 423 g/mol. The van der Waals surface area contributed by atoms with Crippen molar-refractivity contribution in [1.82, 2.24) is 10.2 Å². The molecule has 2 aromatic carbocycles. The van der Waals surface area contributed by atoms with Gasteiger partial charge in [0.15, 0.2) is 0 Å². The van der Waals surface area contributed by atoms with Gasteiger partial charge in [0.25, 0.3) is 10.0 Å². The van der Waals surface area contributed by atoms with E-state index in [2.05, 4.69) is 5.32 Å². The maximum atomic E-state index is 13.2. The molecule has 0 aliphatic rings. The summed E-state index contributed by atoms with van der Waals surface area (Å²) in [7, 11) is -0.0143. The number of sulfonamides is 1. The molecule has 152 valence electrons. The summed E-state index contributed by atoms with van der Waals surface area (Å²) in [5, 5.41) is 3.23. The second kappa shape index (κ2) is 9.91. The molecule has 8 heteroatoms. The molecule has 28 heavy (non-hydrogen) atoms. The van der Waals surface area contributed by atoms with Gasteiger partial charge in [-0.15, -0.1) is 0 Å². The second-order valence-corrected chi connectivity index (χ2v) is 8.98. The molecule has 6 nitrogen and oxygen atoms in total. The fourth-order valence-electron chi connectivity index (χ4n) is 2.70. The molecule has 0 bridgehead atoms.